The summed E-state index contributed by atoms with van der Waals surface area (Å²) in [5, 5.41) is 11.6. The van der Waals surface area contributed by atoms with E-state index >= 15 is 0 Å². The van der Waals surface area contributed by atoms with Crippen LogP contribution in [0.25, 0.3) is 0 Å². The van der Waals surface area contributed by atoms with E-state index in [0.29, 0.717) is 6.42 Å². The quantitative estimate of drug-likeness (QED) is 0.873. The van der Waals surface area contributed by atoms with Gasteiger partial charge in [-0.05, 0) is 31.0 Å². The zero-order valence-corrected chi connectivity index (χ0v) is 13.0. The fraction of sp³-hybridized carbons (Fsp3) is 0.533. The maximum Gasteiger partial charge on any atom is 0.394 e. The standard InChI is InChI=1S/C15H18F3N3O3/c1-9(6-10-2-4-19-5-3-10)20-14(24)21-7-11(13(22)23)12(8-21)15(16,17)18/h2-5,9,11-12H,6-8H2,1H3,(H,20,24)(H,22,23)/t9?,11-,12-/m1/s1. The van der Waals surface area contributed by atoms with E-state index in [2.05, 4.69) is 10.3 Å². The van der Waals surface area contributed by atoms with Gasteiger partial charge in [-0.3, -0.25) is 9.78 Å². The number of hydrogen-bond acceptors (Lipinski definition) is 3. The normalized spacial score (nSPS) is 22.2. The second-order valence-corrected chi connectivity index (χ2v) is 5.91. The van der Waals surface area contributed by atoms with Crippen molar-refractivity contribution in [2.45, 2.75) is 25.6 Å². The molecular formula is C15H18F3N3O3. The van der Waals surface area contributed by atoms with Crippen LogP contribution >= 0.6 is 0 Å². The molecule has 1 aromatic heterocycles. The van der Waals surface area contributed by atoms with Crippen molar-refractivity contribution in [3.05, 3.63) is 30.1 Å². The van der Waals surface area contributed by atoms with Crippen LogP contribution in [-0.2, 0) is 11.2 Å². The molecule has 0 saturated carbocycles. The number of halogens is 3. The molecular weight excluding hydrogens is 327 g/mol. The average Bonchev–Trinajstić information content (AvgIpc) is 2.93. The molecule has 0 radical (unpaired) electrons. The molecule has 0 aromatic carbocycles. The molecule has 0 aliphatic carbocycles. The largest absolute Gasteiger partial charge is 0.481 e. The lowest BCUT2D eigenvalue weighted by Gasteiger charge is -2.21. The number of aromatic nitrogens is 1. The number of carbonyl (C=O) groups excluding carboxylic acids is 1. The first-order chi connectivity index (χ1) is 11.2. The number of rotatable bonds is 4. The topological polar surface area (TPSA) is 82.5 Å². The number of nitrogens with one attached hydrogen (secondary N) is 1. The average molecular weight is 345 g/mol. The third-order valence-corrected chi connectivity index (χ3v) is 4.01. The molecule has 0 spiro atoms. The highest BCUT2D eigenvalue weighted by molar-refractivity contribution is 5.78. The van der Waals surface area contributed by atoms with Crippen LogP contribution in [0, 0.1) is 11.8 Å². The maximum atomic E-state index is 12.9. The van der Waals surface area contributed by atoms with Gasteiger partial charge < -0.3 is 15.3 Å². The number of amides is 2. The highest BCUT2D eigenvalue weighted by Gasteiger charge is 2.53. The van der Waals surface area contributed by atoms with Crippen molar-refractivity contribution in [1.29, 1.82) is 0 Å². The number of carboxylic acid groups (broad SMARTS) is 1. The van der Waals surface area contributed by atoms with Crippen LogP contribution in [0.3, 0.4) is 0 Å². The second kappa shape index (κ2) is 7.06. The highest BCUT2D eigenvalue weighted by atomic mass is 19.4. The van der Waals surface area contributed by atoms with Crippen molar-refractivity contribution in [1.82, 2.24) is 15.2 Å². The molecule has 9 heteroatoms. The van der Waals surface area contributed by atoms with Gasteiger partial charge in [0.1, 0.15) is 0 Å². The lowest BCUT2D eigenvalue weighted by Crippen LogP contribution is -2.44. The smallest absolute Gasteiger partial charge is 0.394 e. The van der Waals surface area contributed by atoms with Crippen LogP contribution in [0.4, 0.5) is 18.0 Å². The van der Waals surface area contributed by atoms with Gasteiger partial charge in [0.25, 0.3) is 0 Å². The van der Waals surface area contributed by atoms with Gasteiger partial charge in [0.05, 0.1) is 11.8 Å². The first-order valence-electron chi connectivity index (χ1n) is 7.42. The summed E-state index contributed by atoms with van der Waals surface area (Å²) in [5.41, 5.74) is 0.927. The van der Waals surface area contributed by atoms with Gasteiger partial charge in [0, 0.05) is 31.5 Å². The van der Waals surface area contributed by atoms with E-state index in [-0.39, 0.29) is 6.04 Å². The summed E-state index contributed by atoms with van der Waals surface area (Å²) < 4.78 is 38.8. The molecule has 1 fully saturated rings. The van der Waals surface area contributed by atoms with Crippen molar-refractivity contribution in [2.24, 2.45) is 11.8 Å². The van der Waals surface area contributed by atoms with Crippen molar-refractivity contribution in [3.63, 3.8) is 0 Å². The van der Waals surface area contributed by atoms with Crippen molar-refractivity contribution in [2.75, 3.05) is 13.1 Å². The first-order valence-corrected chi connectivity index (χ1v) is 7.42. The van der Waals surface area contributed by atoms with Crippen LogP contribution in [-0.4, -0.2) is 52.3 Å². The molecule has 2 rings (SSSR count). The molecule has 6 nitrogen and oxygen atoms in total. The molecule has 24 heavy (non-hydrogen) atoms. The third kappa shape index (κ3) is 4.36. The van der Waals surface area contributed by atoms with E-state index in [9.17, 15) is 22.8 Å². The van der Waals surface area contributed by atoms with E-state index in [4.69, 9.17) is 5.11 Å². The maximum absolute atomic E-state index is 12.9. The molecule has 2 heterocycles. The van der Waals surface area contributed by atoms with Crippen LogP contribution in [0.2, 0.25) is 0 Å². The number of carboxylic acids is 1. The van der Waals surface area contributed by atoms with E-state index < -0.39 is 43.1 Å². The molecule has 2 N–H and O–H groups in total. The molecule has 1 unspecified atom stereocenters. The Morgan fingerprint density at radius 3 is 2.50 bits per heavy atom. The summed E-state index contributed by atoms with van der Waals surface area (Å²) in [4.78, 5) is 27.9. The Balaban J connectivity index is 1.96. The van der Waals surface area contributed by atoms with Gasteiger partial charge in [-0.1, -0.05) is 0 Å². The van der Waals surface area contributed by atoms with Gasteiger partial charge >= 0.3 is 18.2 Å². The van der Waals surface area contributed by atoms with Crippen LogP contribution in [0.5, 0.6) is 0 Å². The Bertz CT molecular complexity index is 595. The molecule has 1 aromatic rings. The Morgan fingerprint density at radius 1 is 1.38 bits per heavy atom. The van der Waals surface area contributed by atoms with Gasteiger partial charge in [-0.25, -0.2) is 4.79 Å². The molecule has 132 valence electrons. The Morgan fingerprint density at radius 2 is 2.00 bits per heavy atom. The minimum Gasteiger partial charge on any atom is -0.481 e. The molecule has 1 saturated heterocycles. The third-order valence-electron chi connectivity index (χ3n) is 4.01. The molecule has 3 atom stereocenters. The van der Waals surface area contributed by atoms with E-state index in [1.165, 1.54) is 0 Å². The minimum atomic E-state index is -4.65. The zero-order chi connectivity index (χ0) is 17.9. The Labute approximate surface area is 136 Å². The number of hydrogen-bond donors (Lipinski definition) is 2. The summed E-state index contributed by atoms with van der Waals surface area (Å²) in [7, 11) is 0. The monoisotopic (exact) mass is 345 g/mol. The summed E-state index contributed by atoms with van der Waals surface area (Å²) in [6.45, 7) is 0.631. The van der Waals surface area contributed by atoms with E-state index in [1.807, 2.05) is 0 Å². The van der Waals surface area contributed by atoms with E-state index in [0.717, 1.165) is 10.5 Å². The van der Waals surface area contributed by atoms with Gasteiger partial charge in [0.2, 0.25) is 0 Å². The predicted molar refractivity (Wildman–Crippen MR) is 78.2 cm³/mol. The number of aliphatic carboxylic acids is 1. The fourth-order valence-corrected chi connectivity index (χ4v) is 2.78. The lowest BCUT2D eigenvalue weighted by atomic mass is 9.96. The number of alkyl halides is 3. The Hall–Kier alpha value is -2.32. The highest BCUT2D eigenvalue weighted by Crippen LogP contribution is 2.37. The van der Waals surface area contributed by atoms with Gasteiger partial charge in [-0.15, -0.1) is 0 Å². The van der Waals surface area contributed by atoms with Crippen molar-refractivity contribution >= 4 is 12.0 Å². The van der Waals surface area contributed by atoms with Crippen LogP contribution < -0.4 is 5.32 Å². The molecule has 1 aliphatic rings. The second-order valence-electron chi connectivity index (χ2n) is 5.91. The number of nitrogens with zero attached hydrogens (tertiary/aromatic N) is 2. The van der Waals surface area contributed by atoms with Crippen LogP contribution in [0.15, 0.2) is 24.5 Å². The van der Waals surface area contributed by atoms with Gasteiger partial charge in [0.15, 0.2) is 0 Å². The number of urea groups is 1. The zero-order valence-electron chi connectivity index (χ0n) is 13.0. The fourth-order valence-electron chi connectivity index (χ4n) is 2.78. The molecule has 0 bridgehead atoms. The first kappa shape index (κ1) is 18.0. The number of carbonyl (C=O) groups is 2. The SMILES string of the molecule is CC(Cc1ccncc1)NC(=O)N1C[C@@H](C(F)(F)F)[C@H](C(=O)O)C1. The number of pyridine rings is 1. The van der Waals surface area contributed by atoms with Crippen molar-refractivity contribution < 1.29 is 27.9 Å². The van der Waals surface area contributed by atoms with Crippen LogP contribution in [0.1, 0.15) is 12.5 Å². The molecule has 2 amide bonds. The summed E-state index contributed by atoms with van der Waals surface area (Å²) in [5.74, 6) is -5.22. The summed E-state index contributed by atoms with van der Waals surface area (Å²) in [6, 6.07) is 2.56. The molecule has 1 aliphatic heterocycles. The number of likely N-dealkylation sites (tertiary alicyclic amines) is 1. The van der Waals surface area contributed by atoms with Crippen molar-refractivity contribution in [3.8, 4) is 0 Å². The summed E-state index contributed by atoms with van der Waals surface area (Å²) in [6.07, 6.45) is -0.945. The Kier molecular flexibility index (Phi) is 5.30. The predicted octanol–water partition coefficient (Wildman–Crippen LogP) is 1.92. The van der Waals surface area contributed by atoms with Gasteiger partial charge in [-0.2, -0.15) is 13.2 Å². The lowest BCUT2D eigenvalue weighted by molar-refractivity contribution is -0.187. The van der Waals surface area contributed by atoms with E-state index in [1.54, 1.807) is 31.5 Å². The minimum absolute atomic E-state index is 0.312. The summed E-state index contributed by atoms with van der Waals surface area (Å²) >= 11 is 0.